The number of hydrogen-bond acceptors (Lipinski definition) is 4. The van der Waals surface area contributed by atoms with Gasteiger partial charge in [0.1, 0.15) is 0 Å². The average Bonchev–Trinajstić information content (AvgIpc) is 3.04. The van der Waals surface area contributed by atoms with Crippen LogP contribution in [0.15, 0.2) is 34.7 Å². The normalized spacial score (nSPS) is 13.9. The number of nitrogens with one attached hydrogen (secondary N) is 1. The molecular formula is C15H10N2O2S. The summed E-state index contributed by atoms with van der Waals surface area (Å²) in [6.45, 7) is 0. The zero-order valence-electron chi connectivity index (χ0n) is 10.5. The summed E-state index contributed by atoms with van der Waals surface area (Å²) < 4.78 is 0. The molecule has 0 radical (unpaired) electrons. The van der Waals surface area contributed by atoms with E-state index in [2.05, 4.69) is 9.97 Å². The Bertz CT molecular complexity index is 908. The smallest absolute Gasteiger partial charge is 0.259 e. The van der Waals surface area contributed by atoms with E-state index >= 15 is 0 Å². The molecule has 0 fully saturated rings. The van der Waals surface area contributed by atoms with E-state index < -0.39 is 0 Å². The second-order valence-corrected chi connectivity index (χ2v) is 5.73. The number of nitrogens with zero attached hydrogens (tertiary/aromatic N) is 1. The Labute approximate surface area is 118 Å². The van der Waals surface area contributed by atoms with E-state index in [9.17, 15) is 9.59 Å². The lowest BCUT2D eigenvalue weighted by Gasteiger charge is -2.02. The van der Waals surface area contributed by atoms with Crippen molar-refractivity contribution in [1.82, 2.24) is 9.97 Å². The van der Waals surface area contributed by atoms with Crippen LogP contribution in [0, 0.1) is 0 Å². The fourth-order valence-corrected chi connectivity index (χ4v) is 3.67. The van der Waals surface area contributed by atoms with E-state index in [0.717, 1.165) is 33.5 Å². The molecular weight excluding hydrogens is 272 g/mol. The van der Waals surface area contributed by atoms with Gasteiger partial charge in [0.05, 0.1) is 22.1 Å². The van der Waals surface area contributed by atoms with Gasteiger partial charge >= 0.3 is 0 Å². The number of carbonyl (C=O) groups excluding carboxylic acids is 1. The highest BCUT2D eigenvalue weighted by molar-refractivity contribution is 7.15. The van der Waals surface area contributed by atoms with Crippen LogP contribution in [0.1, 0.15) is 22.3 Å². The number of ketones is 1. The van der Waals surface area contributed by atoms with Crippen LogP contribution < -0.4 is 5.56 Å². The topological polar surface area (TPSA) is 62.8 Å². The van der Waals surface area contributed by atoms with Crippen molar-refractivity contribution >= 4 is 28.0 Å². The quantitative estimate of drug-likeness (QED) is 0.746. The van der Waals surface area contributed by atoms with E-state index in [-0.39, 0.29) is 11.3 Å². The van der Waals surface area contributed by atoms with Gasteiger partial charge in [-0.3, -0.25) is 9.59 Å². The Morgan fingerprint density at radius 1 is 1.20 bits per heavy atom. The molecule has 1 aliphatic rings. The highest BCUT2D eigenvalue weighted by atomic mass is 32.1. The maximum absolute atomic E-state index is 11.7. The number of benzene rings is 1. The number of aromatic nitrogens is 2. The van der Waals surface area contributed by atoms with Crippen molar-refractivity contribution < 1.29 is 4.79 Å². The minimum absolute atomic E-state index is 0.117. The standard InChI is InChI=1S/C15H10N2O2S/c18-12-4-2-8-5-9(1-3-10(8)12)14-13-11(6-20-14)15(19)17-7-16-13/h1,3,5-7H,2,4H2,(H,16,17,19). The molecule has 2 heterocycles. The minimum atomic E-state index is -0.117. The number of carbonyl (C=O) groups is 1. The molecule has 0 saturated carbocycles. The lowest BCUT2D eigenvalue weighted by molar-refractivity contribution is 0.0994. The Hall–Kier alpha value is -2.27. The Morgan fingerprint density at radius 3 is 3.00 bits per heavy atom. The monoisotopic (exact) mass is 282 g/mol. The number of H-pyrrole nitrogens is 1. The molecule has 0 spiro atoms. The third-order valence-electron chi connectivity index (χ3n) is 3.69. The highest BCUT2D eigenvalue weighted by Crippen LogP contribution is 2.34. The predicted molar refractivity (Wildman–Crippen MR) is 78.3 cm³/mol. The van der Waals surface area contributed by atoms with Crippen molar-refractivity contribution in [2.75, 3.05) is 0 Å². The van der Waals surface area contributed by atoms with E-state index in [4.69, 9.17) is 0 Å². The molecule has 1 N–H and O–H groups in total. The predicted octanol–water partition coefficient (Wildman–Crippen LogP) is 2.78. The molecule has 20 heavy (non-hydrogen) atoms. The molecule has 0 amide bonds. The fourth-order valence-electron chi connectivity index (χ4n) is 2.68. The molecule has 4 rings (SSSR count). The van der Waals surface area contributed by atoms with Gasteiger partial charge in [-0.05, 0) is 23.6 Å². The van der Waals surface area contributed by atoms with Crippen LogP contribution in [0.2, 0.25) is 0 Å². The van der Waals surface area contributed by atoms with Crippen LogP contribution in [0.4, 0.5) is 0 Å². The number of aryl methyl sites for hydroxylation is 1. The van der Waals surface area contributed by atoms with Crippen molar-refractivity contribution in [3.05, 3.63) is 51.4 Å². The maximum Gasteiger partial charge on any atom is 0.259 e. The summed E-state index contributed by atoms with van der Waals surface area (Å²) in [5, 5.41) is 2.44. The first-order valence-electron chi connectivity index (χ1n) is 6.35. The van der Waals surface area contributed by atoms with Crippen LogP contribution in [-0.4, -0.2) is 15.8 Å². The van der Waals surface area contributed by atoms with Gasteiger partial charge in [-0.15, -0.1) is 11.3 Å². The lowest BCUT2D eigenvalue weighted by Crippen LogP contribution is -2.04. The molecule has 0 aliphatic heterocycles. The van der Waals surface area contributed by atoms with Crippen molar-refractivity contribution in [2.24, 2.45) is 0 Å². The van der Waals surface area contributed by atoms with Crippen molar-refractivity contribution in [2.45, 2.75) is 12.8 Å². The zero-order chi connectivity index (χ0) is 13.7. The van der Waals surface area contributed by atoms with Gasteiger partial charge in [0.25, 0.3) is 5.56 Å². The maximum atomic E-state index is 11.7. The van der Waals surface area contributed by atoms with E-state index in [1.807, 2.05) is 23.6 Å². The van der Waals surface area contributed by atoms with Gasteiger partial charge in [0, 0.05) is 17.4 Å². The first-order chi connectivity index (χ1) is 9.74. The van der Waals surface area contributed by atoms with E-state index in [0.29, 0.717) is 11.8 Å². The molecule has 3 aromatic rings. The van der Waals surface area contributed by atoms with Crippen molar-refractivity contribution in [3.8, 4) is 10.4 Å². The molecule has 5 heteroatoms. The zero-order valence-corrected chi connectivity index (χ0v) is 11.3. The first-order valence-corrected chi connectivity index (χ1v) is 7.23. The second kappa shape index (κ2) is 4.11. The van der Waals surface area contributed by atoms with Crippen LogP contribution in [0.3, 0.4) is 0 Å². The summed E-state index contributed by atoms with van der Waals surface area (Å²) >= 11 is 1.51. The van der Waals surface area contributed by atoms with Crippen LogP contribution in [0.5, 0.6) is 0 Å². The number of Topliss-reactive ketones (excluding diaryl/α,β-unsaturated/α-hetero) is 1. The number of hydrogen-bond donors (Lipinski definition) is 1. The molecule has 0 atom stereocenters. The summed E-state index contributed by atoms with van der Waals surface area (Å²) in [5.41, 5.74) is 3.56. The second-order valence-electron chi connectivity index (χ2n) is 4.85. The van der Waals surface area contributed by atoms with Crippen LogP contribution >= 0.6 is 11.3 Å². The van der Waals surface area contributed by atoms with Gasteiger partial charge in [-0.1, -0.05) is 12.1 Å². The largest absolute Gasteiger partial charge is 0.313 e. The van der Waals surface area contributed by atoms with Gasteiger partial charge in [0.2, 0.25) is 0 Å². The van der Waals surface area contributed by atoms with Gasteiger partial charge in [-0.2, -0.15) is 0 Å². The van der Waals surface area contributed by atoms with Crippen molar-refractivity contribution in [3.63, 3.8) is 0 Å². The fraction of sp³-hybridized carbons (Fsp3) is 0.133. The minimum Gasteiger partial charge on any atom is -0.313 e. The number of rotatable bonds is 1. The summed E-state index contributed by atoms with van der Waals surface area (Å²) in [6.07, 6.45) is 2.83. The molecule has 0 unspecified atom stereocenters. The van der Waals surface area contributed by atoms with Gasteiger partial charge in [-0.25, -0.2) is 4.98 Å². The van der Waals surface area contributed by atoms with E-state index in [1.54, 1.807) is 0 Å². The van der Waals surface area contributed by atoms with Crippen LogP contribution in [0.25, 0.3) is 21.3 Å². The number of aromatic amines is 1. The molecule has 98 valence electrons. The molecule has 1 aromatic carbocycles. The SMILES string of the molecule is O=C1CCc2cc(-c3scc4c(=O)[nH]cnc34)ccc21. The summed E-state index contributed by atoms with van der Waals surface area (Å²) in [6, 6.07) is 5.88. The number of fused-ring (bicyclic) bond motifs is 2. The molecule has 4 nitrogen and oxygen atoms in total. The summed E-state index contributed by atoms with van der Waals surface area (Å²) in [5.74, 6) is 0.220. The third kappa shape index (κ3) is 1.56. The van der Waals surface area contributed by atoms with Gasteiger partial charge in [0.15, 0.2) is 5.78 Å². The summed E-state index contributed by atoms with van der Waals surface area (Å²) in [7, 11) is 0. The first kappa shape index (κ1) is 11.5. The molecule has 2 aromatic heterocycles. The van der Waals surface area contributed by atoms with E-state index in [1.165, 1.54) is 17.7 Å². The molecule has 0 saturated heterocycles. The highest BCUT2D eigenvalue weighted by Gasteiger charge is 2.20. The summed E-state index contributed by atoms with van der Waals surface area (Å²) in [4.78, 5) is 31.2. The number of thiophene rings is 1. The molecule has 0 bridgehead atoms. The van der Waals surface area contributed by atoms with Gasteiger partial charge < -0.3 is 4.98 Å². The Morgan fingerprint density at radius 2 is 2.10 bits per heavy atom. The average molecular weight is 282 g/mol. The lowest BCUT2D eigenvalue weighted by atomic mass is 10.0. The Balaban J connectivity index is 1.94. The van der Waals surface area contributed by atoms with Crippen LogP contribution in [-0.2, 0) is 6.42 Å². The Kier molecular flexibility index (Phi) is 2.37. The molecule has 1 aliphatic carbocycles. The van der Waals surface area contributed by atoms with Crippen molar-refractivity contribution in [1.29, 1.82) is 0 Å². The third-order valence-corrected chi connectivity index (χ3v) is 4.71.